The second-order valence-corrected chi connectivity index (χ2v) is 4.99. The van der Waals surface area contributed by atoms with Crippen molar-refractivity contribution in [3.63, 3.8) is 0 Å². The van der Waals surface area contributed by atoms with E-state index < -0.39 is 0 Å². The van der Waals surface area contributed by atoms with Crippen molar-refractivity contribution in [1.82, 2.24) is 0 Å². The van der Waals surface area contributed by atoms with Crippen LogP contribution in [0.3, 0.4) is 0 Å². The summed E-state index contributed by atoms with van der Waals surface area (Å²) in [6, 6.07) is 6.88. The third-order valence-electron chi connectivity index (χ3n) is 3.80. The van der Waals surface area contributed by atoms with Crippen molar-refractivity contribution in [2.45, 2.75) is 33.1 Å². The molecule has 2 atom stereocenters. The molecule has 0 spiro atoms. The zero-order valence-electron chi connectivity index (χ0n) is 9.79. The summed E-state index contributed by atoms with van der Waals surface area (Å²) in [5, 5.41) is 0. The summed E-state index contributed by atoms with van der Waals surface area (Å²) in [5.74, 6) is 1.46. The maximum absolute atomic E-state index is 5.75. The monoisotopic (exact) mass is 203 g/mol. The van der Waals surface area contributed by atoms with Crippen LogP contribution in [0.5, 0.6) is 0 Å². The summed E-state index contributed by atoms with van der Waals surface area (Å²) in [6.45, 7) is 5.28. The molecule has 1 heteroatoms. The molecule has 1 aliphatic rings. The van der Waals surface area contributed by atoms with Crippen LogP contribution in [0, 0.1) is 18.8 Å². The molecule has 2 unspecified atom stereocenters. The van der Waals surface area contributed by atoms with E-state index in [0.717, 1.165) is 12.5 Å². The molecule has 2 rings (SSSR count). The number of rotatable bonds is 2. The summed E-state index contributed by atoms with van der Waals surface area (Å²) < 4.78 is 0. The third-order valence-corrected chi connectivity index (χ3v) is 3.80. The molecule has 2 N–H and O–H groups in total. The van der Waals surface area contributed by atoms with E-state index in [2.05, 4.69) is 32.0 Å². The van der Waals surface area contributed by atoms with Crippen LogP contribution in [0.25, 0.3) is 0 Å². The summed E-state index contributed by atoms with van der Waals surface area (Å²) in [7, 11) is 0. The van der Waals surface area contributed by atoms with Gasteiger partial charge in [-0.15, -0.1) is 0 Å². The Bertz CT molecular complexity index is 343. The predicted molar refractivity (Wildman–Crippen MR) is 64.9 cm³/mol. The van der Waals surface area contributed by atoms with E-state index in [9.17, 15) is 0 Å². The maximum atomic E-state index is 5.75. The Morgan fingerprint density at radius 3 is 2.93 bits per heavy atom. The first-order valence-electron chi connectivity index (χ1n) is 5.99. The van der Waals surface area contributed by atoms with Crippen LogP contribution in [-0.4, -0.2) is 6.54 Å². The molecule has 15 heavy (non-hydrogen) atoms. The Balaban J connectivity index is 2.16. The third kappa shape index (κ3) is 2.23. The van der Waals surface area contributed by atoms with Gasteiger partial charge in [-0.2, -0.15) is 0 Å². The number of hydrogen-bond donors (Lipinski definition) is 1. The van der Waals surface area contributed by atoms with Gasteiger partial charge in [0.15, 0.2) is 0 Å². The van der Waals surface area contributed by atoms with Gasteiger partial charge in [0.05, 0.1) is 0 Å². The fourth-order valence-corrected chi connectivity index (χ4v) is 2.59. The molecule has 0 bridgehead atoms. The van der Waals surface area contributed by atoms with Crippen molar-refractivity contribution in [3.8, 4) is 0 Å². The highest BCUT2D eigenvalue weighted by Crippen LogP contribution is 2.30. The molecule has 1 aliphatic carbocycles. The highest BCUT2D eigenvalue weighted by molar-refractivity contribution is 5.33. The Hall–Kier alpha value is -0.820. The van der Waals surface area contributed by atoms with Gasteiger partial charge in [0, 0.05) is 0 Å². The van der Waals surface area contributed by atoms with Gasteiger partial charge in [-0.25, -0.2) is 0 Å². The quantitative estimate of drug-likeness (QED) is 0.785. The zero-order chi connectivity index (χ0) is 10.8. The van der Waals surface area contributed by atoms with E-state index in [1.165, 1.54) is 24.8 Å². The van der Waals surface area contributed by atoms with Crippen LogP contribution in [0.1, 0.15) is 30.0 Å². The Morgan fingerprint density at radius 1 is 1.40 bits per heavy atom. The average molecular weight is 203 g/mol. The summed E-state index contributed by atoms with van der Waals surface area (Å²) in [6.07, 6.45) is 3.79. The minimum atomic E-state index is 0.666. The standard InChI is InChI=1S/C14H21N/c1-10-3-4-14-8-12(11(2)9-15)5-6-13(14)7-10/h3-4,7,11-12H,5-6,8-9,15H2,1-2H3. The van der Waals surface area contributed by atoms with Crippen molar-refractivity contribution >= 4 is 0 Å². The van der Waals surface area contributed by atoms with Crippen molar-refractivity contribution in [2.75, 3.05) is 6.54 Å². The maximum Gasteiger partial charge on any atom is -0.00487 e. The fourth-order valence-electron chi connectivity index (χ4n) is 2.59. The average Bonchev–Trinajstić information content (AvgIpc) is 2.27. The molecule has 0 aliphatic heterocycles. The summed E-state index contributed by atoms with van der Waals surface area (Å²) in [4.78, 5) is 0. The molecular weight excluding hydrogens is 182 g/mol. The zero-order valence-corrected chi connectivity index (χ0v) is 9.79. The molecular formula is C14H21N. The van der Waals surface area contributed by atoms with Crippen LogP contribution >= 0.6 is 0 Å². The van der Waals surface area contributed by atoms with Gasteiger partial charge in [0.25, 0.3) is 0 Å². The molecule has 1 nitrogen and oxygen atoms in total. The topological polar surface area (TPSA) is 26.0 Å². The second-order valence-electron chi connectivity index (χ2n) is 4.99. The first-order chi connectivity index (χ1) is 7.20. The predicted octanol–water partition coefficient (Wildman–Crippen LogP) is 2.69. The van der Waals surface area contributed by atoms with Gasteiger partial charge >= 0.3 is 0 Å². The summed E-state index contributed by atoms with van der Waals surface area (Å²) in [5.41, 5.74) is 10.3. The van der Waals surface area contributed by atoms with E-state index in [4.69, 9.17) is 5.73 Å². The van der Waals surface area contributed by atoms with Crippen LogP contribution in [-0.2, 0) is 12.8 Å². The van der Waals surface area contributed by atoms with Crippen molar-refractivity contribution < 1.29 is 0 Å². The lowest BCUT2D eigenvalue weighted by Crippen LogP contribution is -2.26. The van der Waals surface area contributed by atoms with Gasteiger partial charge in [-0.05, 0) is 55.7 Å². The molecule has 0 radical (unpaired) electrons. The number of hydrogen-bond acceptors (Lipinski definition) is 1. The lowest BCUT2D eigenvalue weighted by atomic mass is 9.77. The number of aryl methyl sites for hydroxylation is 2. The van der Waals surface area contributed by atoms with Crippen LogP contribution in [0.4, 0.5) is 0 Å². The first-order valence-corrected chi connectivity index (χ1v) is 5.99. The number of fused-ring (bicyclic) bond motifs is 1. The molecule has 1 aromatic carbocycles. The van der Waals surface area contributed by atoms with E-state index in [1.807, 2.05) is 0 Å². The highest BCUT2D eigenvalue weighted by atomic mass is 14.5. The highest BCUT2D eigenvalue weighted by Gasteiger charge is 2.22. The van der Waals surface area contributed by atoms with Crippen molar-refractivity contribution in [2.24, 2.45) is 17.6 Å². The molecule has 0 fully saturated rings. The molecule has 0 saturated carbocycles. The number of benzene rings is 1. The van der Waals surface area contributed by atoms with Crippen LogP contribution < -0.4 is 5.73 Å². The lowest BCUT2D eigenvalue weighted by molar-refractivity contribution is 0.327. The Kier molecular flexibility index (Phi) is 3.11. The minimum absolute atomic E-state index is 0.666. The van der Waals surface area contributed by atoms with E-state index >= 15 is 0 Å². The van der Waals surface area contributed by atoms with E-state index in [1.54, 1.807) is 11.1 Å². The minimum Gasteiger partial charge on any atom is -0.330 e. The smallest absolute Gasteiger partial charge is 0.00487 e. The SMILES string of the molecule is Cc1ccc2c(c1)CCC(C(C)CN)C2. The van der Waals surface area contributed by atoms with Crippen molar-refractivity contribution in [3.05, 3.63) is 34.9 Å². The first kappa shape index (κ1) is 10.7. The van der Waals surface area contributed by atoms with Gasteiger partial charge in [0.1, 0.15) is 0 Å². The van der Waals surface area contributed by atoms with Crippen molar-refractivity contribution in [1.29, 1.82) is 0 Å². The fraction of sp³-hybridized carbons (Fsp3) is 0.571. The molecule has 0 heterocycles. The number of nitrogens with two attached hydrogens (primary N) is 1. The normalized spacial score (nSPS) is 22.2. The largest absolute Gasteiger partial charge is 0.330 e. The Morgan fingerprint density at radius 2 is 2.20 bits per heavy atom. The lowest BCUT2D eigenvalue weighted by Gasteiger charge is -2.29. The summed E-state index contributed by atoms with van der Waals surface area (Å²) >= 11 is 0. The van der Waals surface area contributed by atoms with Crippen LogP contribution in [0.15, 0.2) is 18.2 Å². The molecule has 0 amide bonds. The van der Waals surface area contributed by atoms with E-state index in [0.29, 0.717) is 5.92 Å². The molecule has 1 aromatic rings. The van der Waals surface area contributed by atoms with Gasteiger partial charge in [-0.1, -0.05) is 30.7 Å². The van der Waals surface area contributed by atoms with Gasteiger partial charge in [-0.3, -0.25) is 0 Å². The second kappa shape index (κ2) is 4.36. The van der Waals surface area contributed by atoms with E-state index in [-0.39, 0.29) is 0 Å². The van der Waals surface area contributed by atoms with Crippen LogP contribution in [0.2, 0.25) is 0 Å². The Labute approximate surface area is 92.7 Å². The molecule has 0 aromatic heterocycles. The molecule has 82 valence electrons. The van der Waals surface area contributed by atoms with Gasteiger partial charge in [0.2, 0.25) is 0 Å². The van der Waals surface area contributed by atoms with Gasteiger partial charge < -0.3 is 5.73 Å². The molecule has 0 saturated heterocycles.